The van der Waals surface area contributed by atoms with E-state index in [-0.39, 0.29) is 28.7 Å². The summed E-state index contributed by atoms with van der Waals surface area (Å²) in [6.45, 7) is 3.12. The maximum atomic E-state index is 13.1. The first kappa shape index (κ1) is 19.4. The average Bonchev–Trinajstić information content (AvgIpc) is 2.95. The lowest BCUT2D eigenvalue weighted by Gasteiger charge is -2.31. The summed E-state index contributed by atoms with van der Waals surface area (Å²) in [5.41, 5.74) is 1.78. The van der Waals surface area contributed by atoms with Gasteiger partial charge in [0, 0.05) is 26.1 Å². The Morgan fingerprint density at radius 2 is 1.89 bits per heavy atom. The van der Waals surface area contributed by atoms with Crippen molar-refractivity contribution in [1.82, 2.24) is 20.0 Å². The highest BCUT2D eigenvalue weighted by Crippen LogP contribution is 2.25. The van der Waals surface area contributed by atoms with Gasteiger partial charge in [-0.05, 0) is 37.5 Å². The molecule has 3 rings (SSSR count). The largest absolute Gasteiger partial charge is 0.359 e. The monoisotopic (exact) mass is 392 g/mol. The van der Waals surface area contributed by atoms with Gasteiger partial charge in [0.1, 0.15) is 11.0 Å². The summed E-state index contributed by atoms with van der Waals surface area (Å²) in [5.74, 6) is -0.518. The third-order valence-electron chi connectivity index (χ3n) is 4.92. The summed E-state index contributed by atoms with van der Waals surface area (Å²) < 4.78 is 14.6. The molecule has 8 heteroatoms. The predicted molar refractivity (Wildman–Crippen MR) is 100 cm³/mol. The van der Waals surface area contributed by atoms with Gasteiger partial charge in [0.2, 0.25) is 5.91 Å². The van der Waals surface area contributed by atoms with Crippen molar-refractivity contribution >= 4 is 23.4 Å². The zero-order chi connectivity index (χ0) is 19.6. The number of hydrogen-bond donors (Lipinski definition) is 1. The molecule has 1 aliphatic heterocycles. The lowest BCUT2D eigenvalue weighted by molar-refractivity contribution is -0.125. The Hall–Kier alpha value is -2.41. The van der Waals surface area contributed by atoms with Crippen molar-refractivity contribution in [3.8, 4) is 0 Å². The van der Waals surface area contributed by atoms with Crippen LogP contribution in [0.2, 0.25) is 5.15 Å². The standard InChI is InChI=1S/C19H22ClFN4O2/c1-12-16(19(27)24-9-7-14(8-10-24)18(26)22-2)17(20)25(23-12)11-13-3-5-15(21)6-4-13/h3-6,14H,7-11H2,1-2H3,(H,22,26). The van der Waals surface area contributed by atoms with E-state index in [1.807, 2.05) is 0 Å². The van der Waals surface area contributed by atoms with Gasteiger partial charge in [-0.1, -0.05) is 23.7 Å². The number of nitrogens with zero attached hydrogens (tertiary/aromatic N) is 3. The van der Waals surface area contributed by atoms with E-state index in [1.165, 1.54) is 12.1 Å². The number of carbonyl (C=O) groups excluding carboxylic acids is 2. The number of nitrogens with one attached hydrogen (secondary N) is 1. The Balaban J connectivity index is 1.73. The molecule has 0 unspecified atom stereocenters. The number of piperidine rings is 1. The first-order valence-electron chi connectivity index (χ1n) is 8.89. The van der Waals surface area contributed by atoms with Crippen molar-refractivity contribution in [3.63, 3.8) is 0 Å². The molecule has 0 atom stereocenters. The molecule has 0 bridgehead atoms. The molecule has 1 aliphatic rings. The number of likely N-dealkylation sites (tertiary alicyclic amines) is 1. The molecule has 0 aliphatic carbocycles. The second kappa shape index (κ2) is 8.08. The average molecular weight is 393 g/mol. The maximum absolute atomic E-state index is 13.1. The summed E-state index contributed by atoms with van der Waals surface area (Å²) in [4.78, 5) is 26.4. The number of aromatic nitrogens is 2. The van der Waals surface area contributed by atoms with Gasteiger partial charge in [-0.15, -0.1) is 0 Å². The number of carbonyl (C=O) groups is 2. The van der Waals surface area contributed by atoms with Crippen molar-refractivity contribution in [3.05, 3.63) is 52.1 Å². The highest BCUT2D eigenvalue weighted by molar-refractivity contribution is 6.33. The van der Waals surface area contributed by atoms with E-state index in [0.717, 1.165) is 5.56 Å². The van der Waals surface area contributed by atoms with Crippen LogP contribution in [0.4, 0.5) is 4.39 Å². The van der Waals surface area contributed by atoms with Crippen molar-refractivity contribution in [2.45, 2.75) is 26.3 Å². The van der Waals surface area contributed by atoms with E-state index >= 15 is 0 Å². The molecule has 2 heterocycles. The minimum Gasteiger partial charge on any atom is -0.359 e. The van der Waals surface area contributed by atoms with E-state index < -0.39 is 0 Å². The summed E-state index contributed by atoms with van der Waals surface area (Å²) in [5, 5.41) is 7.31. The van der Waals surface area contributed by atoms with Crippen LogP contribution < -0.4 is 5.32 Å². The van der Waals surface area contributed by atoms with Crippen LogP contribution in [0.3, 0.4) is 0 Å². The van der Waals surface area contributed by atoms with Crippen LogP contribution in [0.25, 0.3) is 0 Å². The van der Waals surface area contributed by atoms with Gasteiger partial charge in [-0.3, -0.25) is 9.59 Å². The fourth-order valence-electron chi connectivity index (χ4n) is 3.37. The summed E-state index contributed by atoms with van der Waals surface area (Å²) in [6.07, 6.45) is 1.26. The van der Waals surface area contributed by atoms with Gasteiger partial charge in [-0.2, -0.15) is 5.10 Å². The second-order valence-electron chi connectivity index (χ2n) is 6.72. The highest BCUT2D eigenvalue weighted by Gasteiger charge is 2.30. The molecule has 6 nitrogen and oxygen atoms in total. The third kappa shape index (κ3) is 4.13. The molecule has 0 saturated carbocycles. The minimum atomic E-state index is -0.308. The quantitative estimate of drug-likeness (QED) is 0.869. The Kier molecular flexibility index (Phi) is 5.79. The van der Waals surface area contributed by atoms with Gasteiger partial charge in [0.05, 0.1) is 17.8 Å². The number of halogens is 2. The van der Waals surface area contributed by atoms with Gasteiger partial charge >= 0.3 is 0 Å². The number of amides is 2. The molecule has 144 valence electrons. The fourth-order valence-corrected chi connectivity index (χ4v) is 3.69. The van der Waals surface area contributed by atoms with Crippen LogP contribution in [0.1, 0.15) is 34.5 Å². The Morgan fingerprint density at radius 3 is 2.48 bits per heavy atom. The molecule has 0 radical (unpaired) electrons. The molecule has 1 aromatic heterocycles. The number of aryl methyl sites for hydroxylation is 1. The van der Waals surface area contributed by atoms with Crippen LogP contribution in [0.5, 0.6) is 0 Å². The molecule has 1 saturated heterocycles. The number of benzene rings is 1. The van der Waals surface area contributed by atoms with Gasteiger partial charge in [-0.25, -0.2) is 9.07 Å². The van der Waals surface area contributed by atoms with Gasteiger partial charge in [0.25, 0.3) is 5.91 Å². The Morgan fingerprint density at radius 1 is 1.26 bits per heavy atom. The zero-order valence-electron chi connectivity index (χ0n) is 15.3. The zero-order valence-corrected chi connectivity index (χ0v) is 16.1. The first-order chi connectivity index (χ1) is 12.9. The first-order valence-corrected chi connectivity index (χ1v) is 9.26. The highest BCUT2D eigenvalue weighted by atomic mass is 35.5. The SMILES string of the molecule is CNC(=O)C1CCN(C(=O)c2c(C)nn(Cc3ccc(F)cc3)c2Cl)CC1. The summed E-state index contributed by atoms with van der Waals surface area (Å²) >= 11 is 6.44. The van der Waals surface area contributed by atoms with Crippen LogP contribution in [0.15, 0.2) is 24.3 Å². The lowest BCUT2D eigenvalue weighted by atomic mass is 9.95. The molecular formula is C19H22ClFN4O2. The van der Waals surface area contributed by atoms with Gasteiger partial charge < -0.3 is 10.2 Å². The van der Waals surface area contributed by atoms with E-state index in [0.29, 0.717) is 43.7 Å². The Labute approximate surface area is 162 Å². The third-order valence-corrected chi connectivity index (χ3v) is 5.31. The van der Waals surface area contributed by atoms with Crippen LogP contribution in [-0.2, 0) is 11.3 Å². The van der Waals surface area contributed by atoms with Crippen LogP contribution in [-0.4, -0.2) is 46.6 Å². The molecule has 27 heavy (non-hydrogen) atoms. The van der Waals surface area contributed by atoms with E-state index in [2.05, 4.69) is 10.4 Å². The van der Waals surface area contributed by atoms with Crippen LogP contribution in [0, 0.1) is 18.7 Å². The topological polar surface area (TPSA) is 67.2 Å². The summed E-state index contributed by atoms with van der Waals surface area (Å²) in [7, 11) is 1.62. The van der Waals surface area contributed by atoms with Crippen molar-refractivity contribution < 1.29 is 14.0 Å². The lowest BCUT2D eigenvalue weighted by Crippen LogP contribution is -2.42. The molecule has 0 spiro atoms. The fraction of sp³-hybridized carbons (Fsp3) is 0.421. The van der Waals surface area contributed by atoms with E-state index in [1.54, 1.807) is 35.7 Å². The molecule has 1 aromatic carbocycles. The van der Waals surface area contributed by atoms with Crippen LogP contribution >= 0.6 is 11.6 Å². The molecular weight excluding hydrogens is 371 g/mol. The molecule has 2 aromatic rings. The molecule has 1 N–H and O–H groups in total. The second-order valence-corrected chi connectivity index (χ2v) is 7.07. The smallest absolute Gasteiger partial charge is 0.258 e. The normalized spacial score (nSPS) is 15.0. The van der Waals surface area contributed by atoms with Crippen molar-refractivity contribution in [2.24, 2.45) is 5.92 Å². The summed E-state index contributed by atoms with van der Waals surface area (Å²) in [6, 6.07) is 6.08. The predicted octanol–water partition coefficient (Wildman–Crippen LogP) is 2.63. The van der Waals surface area contributed by atoms with E-state index in [9.17, 15) is 14.0 Å². The maximum Gasteiger partial charge on any atom is 0.258 e. The van der Waals surface area contributed by atoms with Crippen molar-refractivity contribution in [2.75, 3.05) is 20.1 Å². The van der Waals surface area contributed by atoms with E-state index in [4.69, 9.17) is 11.6 Å². The number of rotatable bonds is 4. The minimum absolute atomic E-state index is 0.0171. The van der Waals surface area contributed by atoms with Gasteiger partial charge in [0.15, 0.2) is 0 Å². The Bertz CT molecular complexity index is 842. The molecule has 1 fully saturated rings. The van der Waals surface area contributed by atoms with Crippen molar-refractivity contribution in [1.29, 1.82) is 0 Å². The number of hydrogen-bond acceptors (Lipinski definition) is 3. The molecule has 2 amide bonds.